The average molecular weight is 299 g/mol. The number of hydrogen-bond acceptors (Lipinski definition) is 4. The van der Waals surface area contributed by atoms with Crippen LogP contribution in [-0.4, -0.2) is 46.3 Å². The first kappa shape index (κ1) is 16.6. The molecule has 1 amide bonds. The van der Waals surface area contributed by atoms with Crippen LogP contribution in [0.1, 0.15) is 18.5 Å². The largest absolute Gasteiger partial charge is 0.358 e. The van der Waals surface area contributed by atoms with Gasteiger partial charge < -0.3 is 10.6 Å². The molecule has 0 aromatic heterocycles. The molecule has 112 valence electrons. The van der Waals surface area contributed by atoms with Crippen molar-refractivity contribution in [2.45, 2.75) is 17.9 Å². The van der Waals surface area contributed by atoms with Gasteiger partial charge in [0.05, 0.1) is 11.4 Å². The Balaban J connectivity index is 3.06. The number of hydrogen-bond donors (Lipinski definition) is 2. The van der Waals surface area contributed by atoms with Crippen LogP contribution in [0.15, 0.2) is 29.2 Å². The average Bonchev–Trinajstić information content (AvgIpc) is 2.46. The van der Waals surface area contributed by atoms with Gasteiger partial charge in [-0.15, -0.1) is 0 Å². The summed E-state index contributed by atoms with van der Waals surface area (Å²) in [5.41, 5.74) is 0.877. The van der Waals surface area contributed by atoms with Crippen molar-refractivity contribution in [2.75, 3.05) is 27.7 Å². The maximum Gasteiger partial charge on any atom is 0.243 e. The molecular formula is C13H21N3O3S. The number of benzene rings is 1. The summed E-state index contributed by atoms with van der Waals surface area (Å²) in [5.74, 6) is -0.351. The van der Waals surface area contributed by atoms with E-state index in [9.17, 15) is 13.2 Å². The lowest BCUT2D eigenvalue weighted by atomic mass is 10.1. The molecule has 1 unspecified atom stereocenters. The second kappa shape index (κ2) is 6.83. The molecule has 0 bridgehead atoms. The highest BCUT2D eigenvalue weighted by molar-refractivity contribution is 7.89. The molecule has 0 saturated heterocycles. The van der Waals surface area contributed by atoms with E-state index < -0.39 is 10.0 Å². The molecule has 1 aromatic carbocycles. The fourth-order valence-electron chi connectivity index (χ4n) is 1.66. The summed E-state index contributed by atoms with van der Waals surface area (Å²) in [6.07, 6.45) is 0. The third-order valence-electron chi connectivity index (χ3n) is 3.14. The summed E-state index contributed by atoms with van der Waals surface area (Å²) in [7, 11) is 1.00. The lowest BCUT2D eigenvalue weighted by molar-refractivity contribution is -0.120. The summed E-state index contributed by atoms with van der Waals surface area (Å²) >= 11 is 0. The number of carbonyl (C=O) groups is 1. The van der Waals surface area contributed by atoms with Gasteiger partial charge in [0.2, 0.25) is 15.9 Å². The van der Waals surface area contributed by atoms with Crippen molar-refractivity contribution in [2.24, 2.45) is 0 Å². The first-order valence-corrected chi connectivity index (χ1v) is 7.71. The van der Waals surface area contributed by atoms with Gasteiger partial charge in [-0.25, -0.2) is 8.42 Å². The minimum absolute atomic E-state index is 0.0504. The Morgan fingerprint density at radius 2 is 2.00 bits per heavy atom. The van der Waals surface area contributed by atoms with Crippen molar-refractivity contribution >= 4 is 15.9 Å². The Kier molecular flexibility index (Phi) is 5.67. The van der Waals surface area contributed by atoms with E-state index in [-0.39, 0.29) is 23.4 Å². The maximum atomic E-state index is 12.4. The van der Waals surface area contributed by atoms with Gasteiger partial charge in [-0.05, 0) is 31.7 Å². The highest BCUT2D eigenvalue weighted by Crippen LogP contribution is 2.19. The molecule has 1 atom stereocenters. The number of nitrogens with zero attached hydrogens (tertiary/aromatic N) is 1. The van der Waals surface area contributed by atoms with E-state index in [1.165, 1.54) is 20.2 Å². The van der Waals surface area contributed by atoms with Gasteiger partial charge in [0.1, 0.15) is 0 Å². The Bertz CT molecular complexity index is 572. The second-order valence-corrected chi connectivity index (χ2v) is 6.56. The second-order valence-electron chi connectivity index (χ2n) is 4.52. The van der Waals surface area contributed by atoms with Gasteiger partial charge in [0, 0.05) is 20.1 Å². The number of rotatable bonds is 6. The van der Waals surface area contributed by atoms with Gasteiger partial charge in [-0.3, -0.25) is 4.79 Å². The smallest absolute Gasteiger partial charge is 0.243 e. The Morgan fingerprint density at radius 3 is 2.55 bits per heavy atom. The molecule has 0 aliphatic rings. The summed E-state index contributed by atoms with van der Waals surface area (Å²) in [6, 6.07) is 6.76. The van der Waals surface area contributed by atoms with E-state index in [1.807, 2.05) is 20.0 Å². The first-order valence-electron chi connectivity index (χ1n) is 6.27. The minimum atomic E-state index is -3.66. The van der Waals surface area contributed by atoms with Crippen molar-refractivity contribution in [1.82, 2.24) is 14.9 Å². The third-order valence-corrected chi connectivity index (χ3v) is 4.94. The Labute approximate surface area is 120 Å². The molecule has 0 saturated carbocycles. The molecule has 7 heteroatoms. The van der Waals surface area contributed by atoms with Crippen LogP contribution in [0.3, 0.4) is 0 Å². The number of amides is 1. The molecule has 0 radical (unpaired) electrons. The molecule has 0 aliphatic carbocycles. The molecular weight excluding hydrogens is 278 g/mol. The van der Waals surface area contributed by atoms with Gasteiger partial charge in [-0.2, -0.15) is 4.31 Å². The topological polar surface area (TPSA) is 78.5 Å². The fourth-order valence-corrected chi connectivity index (χ4v) is 2.84. The lowest BCUT2D eigenvalue weighted by Gasteiger charge is -2.18. The van der Waals surface area contributed by atoms with Gasteiger partial charge >= 0.3 is 0 Å². The van der Waals surface area contributed by atoms with E-state index in [4.69, 9.17) is 0 Å². The normalized spacial score (nSPS) is 13.2. The zero-order chi connectivity index (χ0) is 15.3. The van der Waals surface area contributed by atoms with Crippen LogP contribution in [-0.2, 0) is 14.8 Å². The number of likely N-dealkylation sites (N-methyl/N-ethyl adjacent to an activating group) is 2. The zero-order valence-electron chi connectivity index (χ0n) is 12.2. The summed E-state index contributed by atoms with van der Waals surface area (Å²) in [4.78, 5) is 11.5. The summed E-state index contributed by atoms with van der Waals surface area (Å²) < 4.78 is 25.8. The van der Waals surface area contributed by atoms with Crippen molar-refractivity contribution < 1.29 is 13.2 Å². The number of carbonyl (C=O) groups excluding carboxylic acids is 1. The molecule has 1 aromatic rings. The molecule has 6 nitrogen and oxygen atoms in total. The van der Waals surface area contributed by atoms with Gasteiger partial charge in [0.15, 0.2) is 0 Å². The van der Waals surface area contributed by atoms with E-state index in [2.05, 4.69) is 10.6 Å². The molecule has 1 rings (SSSR count). The molecule has 0 fully saturated rings. The Hall–Kier alpha value is -1.44. The molecule has 20 heavy (non-hydrogen) atoms. The maximum absolute atomic E-state index is 12.4. The minimum Gasteiger partial charge on any atom is -0.358 e. The van der Waals surface area contributed by atoms with E-state index >= 15 is 0 Å². The Morgan fingerprint density at radius 1 is 1.35 bits per heavy atom. The summed E-state index contributed by atoms with van der Waals surface area (Å²) in [6.45, 7) is 1.74. The van der Waals surface area contributed by atoms with Crippen LogP contribution in [0.25, 0.3) is 0 Å². The third kappa shape index (κ3) is 3.78. The summed E-state index contributed by atoms with van der Waals surface area (Å²) in [5, 5.41) is 5.46. The van der Waals surface area contributed by atoms with Crippen molar-refractivity contribution in [3.05, 3.63) is 29.8 Å². The van der Waals surface area contributed by atoms with E-state index in [0.29, 0.717) is 0 Å². The van der Waals surface area contributed by atoms with Crippen LogP contribution in [0.5, 0.6) is 0 Å². The molecule has 0 aliphatic heterocycles. The van der Waals surface area contributed by atoms with E-state index in [1.54, 1.807) is 12.1 Å². The molecule has 0 spiro atoms. The van der Waals surface area contributed by atoms with Gasteiger partial charge in [-0.1, -0.05) is 12.1 Å². The predicted molar refractivity (Wildman–Crippen MR) is 77.8 cm³/mol. The van der Waals surface area contributed by atoms with Crippen LogP contribution in [0.4, 0.5) is 0 Å². The zero-order valence-corrected chi connectivity index (χ0v) is 13.0. The van der Waals surface area contributed by atoms with Crippen molar-refractivity contribution in [3.8, 4) is 0 Å². The van der Waals surface area contributed by atoms with Crippen LogP contribution >= 0.6 is 0 Å². The van der Waals surface area contributed by atoms with Gasteiger partial charge in [0.25, 0.3) is 0 Å². The van der Waals surface area contributed by atoms with Crippen LogP contribution in [0.2, 0.25) is 0 Å². The highest BCUT2D eigenvalue weighted by atomic mass is 32.2. The van der Waals surface area contributed by atoms with E-state index in [0.717, 1.165) is 9.87 Å². The first-order chi connectivity index (χ1) is 9.32. The van der Waals surface area contributed by atoms with Crippen molar-refractivity contribution in [1.29, 1.82) is 0 Å². The SMILES string of the molecule is CNC(=O)CN(C)S(=O)(=O)c1cccc(C(C)NC)c1. The quantitative estimate of drug-likeness (QED) is 0.793. The van der Waals surface area contributed by atoms with Crippen molar-refractivity contribution in [3.63, 3.8) is 0 Å². The molecule has 2 N–H and O–H groups in total. The number of nitrogens with one attached hydrogen (secondary N) is 2. The highest BCUT2D eigenvalue weighted by Gasteiger charge is 2.23. The predicted octanol–water partition coefficient (Wildman–Crippen LogP) is 0.334. The van der Waals surface area contributed by atoms with Crippen LogP contribution < -0.4 is 10.6 Å². The van der Waals surface area contributed by atoms with Crippen LogP contribution in [0, 0.1) is 0 Å². The standard InChI is InChI=1S/C13H21N3O3S/c1-10(14-2)11-6-5-7-12(8-11)20(18,19)16(4)9-13(17)15-3/h5-8,10,14H,9H2,1-4H3,(H,15,17). The monoisotopic (exact) mass is 299 g/mol. The fraction of sp³-hybridized carbons (Fsp3) is 0.462. The molecule has 0 heterocycles. The number of sulfonamides is 1. The lowest BCUT2D eigenvalue weighted by Crippen LogP contribution is -2.36.